The summed E-state index contributed by atoms with van der Waals surface area (Å²) in [5, 5.41) is 14.2. The van der Waals surface area contributed by atoms with Crippen molar-refractivity contribution in [3.8, 4) is 0 Å². The van der Waals surface area contributed by atoms with Crippen LogP contribution in [0.15, 0.2) is 0 Å². The first-order chi connectivity index (χ1) is 5.93. The Hall–Kier alpha value is -0.130. The lowest BCUT2D eigenvalue weighted by Gasteiger charge is -2.33. The highest BCUT2D eigenvalue weighted by Crippen LogP contribution is 2.50. The van der Waals surface area contributed by atoms with Gasteiger partial charge in [0.15, 0.2) is 0 Å². The number of primary sulfonamides is 1. The molecule has 0 bridgehead atoms. The van der Waals surface area contributed by atoms with Gasteiger partial charge in [0.2, 0.25) is 10.0 Å². The number of aliphatic hydroxyl groups is 1. The Balaban J connectivity index is 1.95. The molecule has 76 valence electrons. The number of rotatable bonds is 3. The Morgan fingerprint density at radius 2 is 1.92 bits per heavy atom. The van der Waals surface area contributed by atoms with E-state index in [1.807, 2.05) is 0 Å². The van der Waals surface area contributed by atoms with E-state index in [0.717, 1.165) is 12.8 Å². The van der Waals surface area contributed by atoms with E-state index in [-0.39, 0.29) is 6.10 Å². The van der Waals surface area contributed by atoms with Gasteiger partial charge in [-0.05, 0) is 38.0 Å². The highest BCUT2D eigenvalue weighted by Gasteiger charge is 2.54. The fraction of sp³-hybridized carbons (Fsp3) is 1.00. The molecule has 0 amide bonds. The van der Waals surface area contributed by atoms with Gasteiger partial charge in [-0.3, -0.25) is 0 Å². The van der Waals surface area contributed by atoms with E-state index >= 15 is 0 Å². The van der Waals surface area contributed by atoms with Crippen molar-refractivity contribution in [2.24, 2.45) is 11.1 Å². The van der Waals surface area contributed by atoms with Crippen LogP contribution in [0.25, 0.3) is 0 Å². The third-order valence-electron chi connectivity index (χ3n) is 3.28. The zero-order valence-electron chi connectivity index (χ0n) is 7.44. The molecule has 0 aromatic heterocycles. The van der Waals surface area contributed by atoms with Crippen molar-refractivity contribution in [3.05, 3.63) is 0 Å². The average molecular weight is 205 g/mol. The average Bonchev–Trinajstić information content (AvgIpc) is 2.63. The minimum atomic E-state index is -3.36. The van der Waals surface area contributed by atoms with Gasteiger partial charge in [-0.25, -0.2) is 13.6 Å². The van der Waals surface area contributed by atoms with Gasteiger partial charge in [-0.15, -0.1) is 0 Å². The zero-order chi connectivity index (χ0) is 9.69. The lowest BCUT2D eigenvalue weighted by Crippen LogP contribution is -2.37. The summed E-state index contributed by atoms with van der Waals surface area (Å²) in [5.74, 6) is 0.371. The lowest BCUT2D eigenvalue weighted by molar-refractivity contribution is 0.0379. The van der Waals surface area contributed by atoms with Crippen LogP contribution in [0, 0.1) is 5.92 Å². The van der Waals surface area contributed by atoms with E-state index in [4.69, 9.17) is 10.2 Å². The topological polar surface area (TPSA) is 80.4 Å². The smallest absolute Gasteiger partial charge is 0.214 e. The van der Waals surface area contributed by atoms with Gasteiger partial charge in [-0.1, -0.05) is 0 Å². The number of sulfonamides is 1. The highest BCUT2D eigenvalue weighted by atomic mass is 32.2. The van der Waals surface area contributed by atoms with Crippen molar-refractivity contribution in [2.75, 3.05) is 0 Å². The molecular weight excluding hydrogens is 190 g/mol. The molecule has 0 atom stereocenters. The van der Waals surface area contributed by atoms with Gasteiger partial charge in [0.05, 0.1) is 10.9 Å². The Morgan fingerprint density at radius 3 is 2.23 bits per heavy atom. The summed E-state index contributed by atoms with van der Waals surface area (Å²) in [4.78, 5) is 0. The number of hydrogen-bond donors (Lipinski definition) is 2. The molecule has 0 unspecified atom stereocenters. The van der Waals surface area contributed by atoms with E-state index in [1.54, 1.807) is 0 Å². The van der Waals surface area contributed by atoms with Crippen molar-refractivity contribution in [1.29, 1.82) is 0 Å². The van der Waals surface area contributed by atoms with Crippen LogP contribution in [0.5, 0.6) is 0 Å². The lowest BCUT2D eigenvalue weighted by atomic mass is 9.79. The fourth-order valence-electron chi connectivity index (χ4n) is 2.14. The van der Waals surface area contributed by atoms with Gasteiger partial charge >= 0.3 is 0 Å². The minimum Gasteiger partial charge on any atom is -0.393 e. The van der Waals surface area contributed by atoms with Gasteiger partial charge in [0.25, 0.3) is 0 Å². The van der Waals surface area contributed by atoms with Crippen LogP contribution in [0.3, 0.4) is 0 Å². The van der Waals surface area contributed by atoms with E-state index in [2.05, 4.69) is 0 Å². The molecule has 0 aromatic rings. The second-order valence-corrected chi connectivity index (χ2v) is 6.38. The molecule has 0 saturated heterocycles. The number of hydrogen-bond acceptors (Lipinski definition) is 3. The van der Waals surface area contributed by atoms with E-state index in [0.29, 0.717) is 25.2 Å². The maximum Gasteiger partial charge on any atom is 0.214 e. The molecule has 2 rings (SSSR count). The summed E-state index contributed by atoms with van der Waals surface area (Å²) < 4.78 is 21.8. The maximum atomic E-state index is 11.2. The Labute approximate surface area is 78.2 Å². The molecule has 2 aliphatic carbocycles. The van der Waals surface area contributed by atoms with E-state index in [1.165, 1.54) is 0 Å². The number of aliphatic hydroxyl groups excluding tert-OH is 1. The molecule has 0 aliphatic heterocycles. The van der Waals surface area contributed by atoms with Crippen LogP contribution in [0.2, 0.25) is 0 Å². The first-order valence-corrected chi connectivity index (χ1v) is 6.18. The molecule has 3 N–H and O–H groups in total. The van der Waals surface area contributed by atoms with Crippen LogP contribution in [0.1, 0.15) is 32.1 Å². The minimum absolute atomic E-state index is 0.207. The fourth-order valence-corrected chi connectivity index (χ4v) is 3.28. The van der Waals surface area contributed by atoms with Gasteiger partial charge < -0.3 is 5.11 Å². The van der Waals surface area contributed by atoms with Crippen molar-refractivity contribution < 1.29 is 13.5 Å². The van der Waals surface area contributed by atoms with Crippen molar-refractivity contribution in [1.82, 2.24) is 0 Å². The molecule has 0 aromatic carbocycles. The third-order valence-corrected chi connectivity index (χ3v) is 5.06. The SMILES string of the molecule is NS(=O)(=O)C1(CC2CC(O)C2)CC1. The van der Waals surface area contributed by atoms with Crippen LogP contribution in [-0.4, -0.2) is 24.4 Å². The van der Waals surface area contributed by atoms with Crippen molar-refractivity contribution in [3.63, 3.8) is 0 Å². The summed E-state index contributed by atoms with van der Waals surface area (Å²) in [6, 6.07) is 0. The zero-order valence-corrected chi connectivity index (χ0v) is 8.26. The first kappa shape index (κ1) is 9.43. The monoisotopic (exact) mass is 205 g/mol. The summed E-state index contributed by atoms with van der Waals surface area (Å²) in [6.07, 6.45) is 3.36. The molecule has 0 radical (unpaired) electrons. The summed E-state index contributed by atoms with van der Waals surface area (Å²) in [5.41, 5.74) is 0. The van der Waals surface area contributed by atoms with Gasteiger partial charge in [-0.2, -0.15) is 0 Å². The molecule has 4 nitrogen and oxygen atoms in total. The molecule has 13 heavy (non-hydrogen) atoms. The van der Waals surface area contributed by atoms with Crippen molar-refractivity contribution in [2.45, 2.75) is 43.0 Å². The van der Waals surface area contributed by atoms with E-state index < -0.39 is 14.8 Å². The number of nitrogens with two attached hydrogens (primary N) is 1. The molecule has 5 heteroatoms. The van der Waals surface area contributed by atoms with Gasteiger partial charge in [0, 0.05) is 0 Å². The largest absolute Gasteiger partial charge is 0.393 e. The second kappa shape index (κ2) is 2.68. The van der Waals surface area contributed by atoms with Crippen LogP contribution < -0.4 is 5.14 Å². The van der Waals surface area contributed by atoms with E-state index in [9.17, 15) is 8.42 Å². The first-order valence-electron chi connectivity index (χ1n) is 4.63. The van der Waals surface area contributed by atoms with Crippen LogP contribution in [0.4, 0.5) is 0 Å². The quantitative estimate of drug-likeness (QED) is 0.679. The normalized spacial score (nSPS) is 36.8. The van der Waals surface area contributed by atoms with Crippen LogP contribution in [-0.2, 0) is 10.0 Å². The predicted molar refractivity (Wildman–Crippen MR) is 48.4 cm³/mol. The Morgan fingerprint density at radius 1 is 1.38 bits per heavy atom. The maximum absolute atomic E-state index is 11.2. The summed E-state index contributed by atoms with van der Waals surface area (Å²) in [6.45, 7) is 0. The molecule has 2 saturated carbocycles. The molecule has 2 fully saturated rings. The van der Waals surface area contributed by atoms with Crippen LogP contribution >= 0.6 is 0 Å². The molecule has 2 aliphatic rings. The van der Waals surface area contributed by atoms with Crippen molar-refractivity contribution >= 4 is 10.0 Å². The Bertz CT molecular complexity index is 301. The molecule has 0 spiro atoms. The standard InChI is InChI=1S/C8H15NO3S/c9-13(11,12)8(1-2-8)5-6-3-7(10)4-6/h6-7,10H,1-5H2,(H2,9,11,12). The molecular formula is C8H15NO3S. The summed E-state index contributed by atoms with van der Waals surface area (Å²) >= 11 is 0. The Kier molecular flexibility index (Phi) is 1.94. The second-order valence-electron chi connectivity index (χ2n) is 4.42. The third kappa shape index (κ3) is 1.60. The molecule has 0 heterocycles. The highest BCUT2D eigenvalue weighted by molar-refractivity contribution is 7.90. The van der Waals surface area contributed by atoms with Gasteiger partial charge in [0.1, 0.15) is 0 Å². The summed E-state index contributed by atoms with van der Waals surface area (Å²) in [7, 11) is -3.36. The predicted octanol–water partition coefficient (Wildman–Crippen LogP) is -0.0315.